The van der Waals surface area contributed by atoms with Crippen molar-refractivity contribution in [3.63, 3.8) is 0 Å². The van der Waals surface area contributed by atoms with Gasteiger partial charge in [0.15, 0.2) is 0 Å². The van der Waals surface area contributed by atoms with Gasteiger partial charge in [-0.05, 0) is 30.3 Å². The molecule has 0 spiro atoms. The minimum Gasteiger partial charge on any atom is -0.354 e. The average Bonchev–Trinajstić information content (AvgIpc) is 2.81. The van der Waals surface area contributed by atoms with Gasteiger partial charge in [-0.2, -0.15) is 0 Å². The average molecular weight is 285 g/mol. The SMILES string of the molecule is CC(=O)Nc1cc(Cl)ccc1-c1cc2ccccc2[nH]1. The molecule has 4 heteroatoms. The van der Waals surface area contributed by atoms with Gasteiger partial charge in [0, 0.05) is 34.1 Å². The number of aromatic amines is 1. The topological polar surface area (TPSA) is 44.9 Å². The van der Waals surface area contributed by atoms with Crippen LogP contribution in [0.25, 0.3) is 22.2 Å². The van der Waals surface area contributed by atoms with Crippen molar-refractivity contribution in [1.82, 2.24) is 4.98 Å². The van der Waals surface area contributed by atoms with E-state index in [2.05, 4.69) is 16.4 Å². The van der Waals surface area contributed by atoms with Crippen LogP contribution in [0.3, 0.4) is 0 Å². The molecule has 0 aliphatic heterocycles. The molecule has 20 heavy (non-hydrogen) atoms. The molecule has 2 N–H and O–H groups in total. The van der Waals surface area contributed by atoms with Crippen LogP contribution in [-0.4, -0.2) is 10.9 Å². The minimum atomic E-state index is -0.121. The van der Waals surface area contributed by atoms with Crippen LogP contribution in [0.15, 0.2) is 48.5 Å². The van der Waals surface area contributed by atoms with Crippen LogP contribution in [0.4, 0.5) is 5.69 Å². The Bertz CT molecular complexity index is 759. The molecule has 1 aromatic heterocycles. The van der Waals surface area contributed by atoms with E-state index in [0.29, 0.717) is 10.7 Å². The lowest BCUT2D eigenvalue weighted by molar-refractivity contribution is -0.114. The molecule has 100 valence electrons. The first kappa shape index (κ1) is 12.8. The van der Waals surface area contributed by atoms with Crippen LogP contribution < -0.4 is 5.32 Å². The molecule has 1 heterocycles. The normalized spacial score (nSPS) is 10.7. The van der Waals surface area contributed by atoms with Crippen LogP contribution in [-0.2, 0) is 4.79 Å². The molecule has 1 amide bonds. The van der Waals surface area contributed by atoms with Crippen LogP contribution in [0.2, 0.25) is 5.02 Å². The van der Waals surface area contributed by atoms with Crippen molar-refractivity contribution >= 4 is 34.1 Å². The van der Waals surface area contributed by atoms with E-state index in [4.69, 9.17) is 11.6 Å². The predicted molar refractivity (Wildman–Crippen MR) is 83.0 cm³/mol. The van der Waals surface area contributed by atoms with E-state index in [-0.39, 0.29) is 5.91 Å². The number of amides is 1. The Balaban J connectivity index is 2.15. The lowest BCUT2D eigenvalue weighted by atomic mass is 10.1. The zero-order valence-corrected chi connectivity index (χ0v) is 11.7. The molecule has 0 radical (unpaired) electrons. The van der Waals surface area contributed by atoms with Crippen molar-refractivity contribution < 1.29 is 4.79 Å². The van der Waals surface area contributed by atoms with Crippen molar-refractivity contribution in [3.05, 3.63) is 53.6 Å². The number of carbonyl (C=O) groups excluding carboxylic acids is 1. The van der Waals surface area contributed by atoms with Crippen molar-refractivity contribution in [1.29, 1.82) is 0 Å². The van der Waals surface area contributed by atoms with E-state index in [9.17, 15) is 4.79 Å². The Hall–Kier alpha value is -2.26. The Morgan fingerprint density at radius 2 is 1.95 bits per heavy atom. The summed E-state index contributed by atoms with van der Waals surface area (Å²) in [5.74, 6) is -0.121. The fraction of sp³-hybridized carbons (Fsp3) is 0.0625. The first-order valence-electron chi connectivity index (χ1n) is 6.29. The number of hydrogen-bond donors (Lipinski definition) is 2. The molecular formula is C16H13ClN2O. The van der Waals surface area contributed by atoms with Gasteiger partial charge in [-0.15, -0.1) is 0 Å². The quantitative estimate of drug-likeness (QED) is 0.717. The molecule has 0 fully saturated rings. The largest absolute Gasteiger partial charge is 0.354 e. The second-order valence-electron chi connectivity index (χ2n) is 4.64. The molecule has 0 aliphatic rings. The van der Waals surface area contributed by atoms with Gasteiger partial charge in [-0.3, -0.25) is 4.79 Å². The highest BCUT2D eigenvalue weighted by Gasteiger charge is 2.10. The van der Waals surface area contributed by atoms with Crippen molar-refractivity contribution in [2.24, 2.45) is 0 Å². The molecule has 0 saturated heterocycles. The third-order valence-corrected chi connectivity index (χ3v) is 3.35. The van der Waals surface area contributed by atoms with Gasteiger partial charge < -0.3 is 10.3 Å². The van der Waals surface area contributed by atoms with Crippen molar-refractivity contribution in [2.75, 3.05) is 5.32 Å². The number of rotatable bonds is 2. The summed E-state index contributed by atoms with van der Waals surface area (Å²) in [6.45, 7) is 1.48. The summed E-state index contributed by atoms with van der Waals surface area (Å²) < 4.78 is 0. The van der Waals surface area contributed by atoms with Gasteiger partial charge in [0.2, 0.25) is 5.91 Å². The number of hydrogen-bond acceptors (Lipinski definition) is 1. The first-order chi connectivity index (χ1) is 9.63. The Labute approximate surface area is 121 Å². The maximum atomic E-state index is 11.3. The number of H-pyrrole nitrogens is 1. The molecule has 3 nitrogen and oxygen atoms in total. The van der Waals surface area contributed by atoms with Crippen LogP contribution in [0.5, 0.6) is 0 Å². The number of aromatic nitrogens is 1. The smallest absolute Gasteiger partial charge is 0.221 e. The highest BCUT2D eigenvalue weighted by molar-refractivity contribution is 6.31. The number of anilines is 1. The highest BCUT2D eigenvalue weighted by Crippen LogP contribution is 2.32. The summed E-state index contributed by atoms with van der Waals surface area (Å²) in [4.78, 5) is 14.7. The van der Waals surface area contributed by atoms with E-state index >= 15 is 0 Å². The fourth-order valence-corrected chi connectivity index (χ4v) is 2.43. The molecule has 0 bridgehead atoms. The van der Waals surface area contributed by atoms with E-state index in [1.54, 1.807) is 6.07 Å². The molecule has 0 saturated carbocycles. The Kier molecular flexibility index (Phi) is 3.20. The number of benzene rings is 2. The summed E-state index contributed by atoms with van der Waals surface area (Å²) in [6, 6.07) is 15.6. The maximum absolute atomic E-state index is 11.3. The minimum absolute atomic E-state index is 0.121. The van der Waals surface area contributed by atoms with Crippen molar-refractivity contribution in [3.8, 4) is 11.3 Å². The second kappa shape index (κ2) is 5.02. The summed E-state index contributed by atoms with van der Waals surface area (Å²) in [5.41, 5.74) is 3.63. The highest BCUT2D eigenvalue weighted by atomic mass is 35.5. The van der Waals surface area contributed by atoms with Gasteiger partial charge in [0.05, 0.1) is 5.69 Å². The molecule has 0 atom stereocenters. The van der Waals surface area contributed by atoms with E-state index in [1.807, 2.05) is 36.4 Å². The fourth-order valence-electron chi connectivity index (χ4n) is 2.26. The maximum Gasteiger partial charge on any atom is 0.221 e. The standard InChI is InChI=1S/C16H13ClN2O/c1-10(20)18-16-9-12(17)6-7-13(16)15-8-11-4-2-3-5-14(11)19-15/h2-9,19H,1H3,(H,18,20). The molecule has 3 aromatic rings. The van der Waals surface area contributed by atoms with Crippen LogP contribution >= 0.6 is 11.6 Å². The molecule has 0 aliphatic carbocycles. The lowest BCUT2D eigenvalue weighted by Crippen LogP contribution is -2.06. The Morgan fingerprint density at radius 1 is 1.15 bits per heavy atom. The molecule has 3 rings (SSSR count). The third kappa shape index (κ3) is 2.40. The van der Waals surface area contributed by atoms with Gasteiger partial charge in [0.1, 0.15) is 0 Å². The third-order valence-electron chi connectivity index (χ3n) is 3.11. The van der Waals surface area contributed by atoms with Crippen LogP contribution in [0.1, 0.15) is 6.92 Å². The first-order valence-corrected chi connectivity index (χ1v) is 6.66. The second-order valence-corrected chi connectivity index (χ2v) is 5.08. The number of nitrogens with one attached hydrogen (secondary N) is 2. The number of carbonyl (C=O) groups is 1. The Morgan fingerprint density at radius 3 is 2.70 bits per heavy atom. The molecular weight excluding hydrogens is 272 g/mol. The molecule has 2 aromatic carbocycles. The number of halogens is 1. The summed E-state index contributed by atoms with van der Waals surface area (Å²) in [5, 5.41) is 4.54. The summed E-state index contributed by atoms with van der Waals surface area (Å²) >= 11 is 6.00. The zero-order valence-electron chi connectivity index (χ0n) is 10.9. The van der Waals surface area contributed by atoms with E-state index in [0.717, 1.165) is 22.2 Å². The van der Waals surface area contributed by atoms with Gasteiger partial charge in [-0.1, -0.05) is 29.8 Å². The van der Waals surface area contributed by atoms with E-state index < -0.39 is 0 Å². The molecule has 0 unspecified atom stereocenters. The monoisotopic (exact) mass is 284 g/mol. The van der Waals surface area contributed by atoms with Gasteiger partial charge >= 0.3 is 0 Å². The number of fused-ring (bicyclic) bond motifs is 1. The lowest BCUT2D eigenvalue weighted by Gasteiger charge is -2.09. The number of para-hydroxylation sites is 1. The zero-order chi connectivity index (χ0) is 14.1. The summed E-state index contributed by atoms with van der Waals surface area (Å²) in [7, 11) is 0. The summed E-state index contributed by atoms with van der Waals surface area (Å²) in [6.07, 6.45) is 0. The van der Waals surface area contributed by atoms with Gasteiger partial charge in [0.25, 0.3) is 0 Å². The van der Waals surface area contributed by atoms with Crippen LogP contribution in [0, 0.1) is 0 Å². The predicted octanol–water partition coefficient (Wildman–Crippen LogP) is 4.45. The van der Waals surface area contributed by atoms with Gasteiger partial charge in [-0.25, -0.2) is 0 Å². The van der Waals surface area contributed by atoms with Crippen molar-refractivity contribution in [2.45, 2.75) is 6.92 Å². The van der Waals surface area contributed by atoms with E-state index in [1.165, 1.54) is 6.92 Å².